The van der Waals surface area contributed by atoms with E-state index >= 15 is 0 Å². The molecule has 9 heteroatoms. The Hall–Kier alpha value is -3.07. The molecule has 1 unspecified atom stereocenters. The Morgan fingerprint density at radius 2 is 1.30 bits per heavy atom. The van der Waals surface area contributed by atoms with E-state index < -0.39 is 6.36 Å². The van der Waals surface area contributed by atoms with Crippen molar-refractivity contribution in [3.63, 3.8) is 0 Å². The SMILES string of the molecule is CCCN(CCC)C(CCCNC(=O)c1ccccc1)CCCNC(=O)c1ccc(OC(F)(F)F)cc1. The first-order valence-electron chi connectivity index (χ1n) is 12.9. The zero-order valence-electron chi connectivity index (χ0n) is 21.7. The third-order valence-electron chi connectivity index (χ3n) is 5.92. The second-order valence-electron chi connectivity index (χ2n) is 8.92. The molecule has 6 nitrogen and oxygen atoms in total. The maximum Gasteiger partial charge on any atom is 0.573 e. The quantitative estimate of drug-likeness (QED) is 0.274. The van der Waals surface area contributed by atoms with E-state index in [1.54, 1.807) is 12.1 Å². The number of rotatable bonds is 16. The van der Waals surface area contributed by atoms with Crippen LogP contribution in [0.25, 0.3) is 0 Å². The molecule has 37 heavy (non-hydrogen) atoms. The maximum absolute atomic E-state index is 12.4. The van der Waals surface area contributed by atoms with Crippen LogP contribution < -0.4 is 15.4 Å². The number of hydrogen-bond acceptors (Lipinski definition) is 4. The second-order valence-corrected chi connectivity index (χ2v) is 8.92. The summed E-state index contributed by atoms with van der Waals surface area (Å²) in [6.45, 7) is 7.37. The number of alkyl halides is 3. The number of nitrogens with zero attached hydrogens (tertiary/aromatic N) is 1. The lowest BCUT2D eigenvalue weighted by Crippen LogP contribution is -2.38. The van der Waals surface area contributed by atoms with E-state index in [4.69, 9.17) is 0 Å². The average Bonchev–Trinajstić information content (AvgIpc) is 2.87. The van der Waals surface area contributed by atoms with Gasteiger partial charge < -0.3 is 20.3 Å². The van der Waals surface area contributed by atoms with E-state index in [0.29, 0.717) is 24.7 Å². The highest BCUT2D eigenvalue weighted by Crippen LogP contribution is 2.22. The first-order valence-corrected chi connectivity index (χ1v) is 12.9. The predicted octanol–water partition coefficient (Wildman–Crippen LogP) is 5.80. The van der Waals surface area contributed by atoms with Gasteiger partial charge in [-0.2, -0.15) is 0 Å². The van der Waals surface area contributed by atoms with E-state index in [9.17, 15) is 22.8 Å². The van der Waals surface area contributed by atoms with Crippen LogP contribution in [-0.4, -0.2) is 55.3 Å². The highest BCUT2D eigenvalue weighted by Gasteiger charge is 2.31. The third kappa shape index (κ3) is 11.7. The fraction of sp³-hybridized carbons (Fsp3) is 0.500. The lowest BCUT2D eigenvalue weighted by atomic mass is 10.0. The van der Waals surface area contributed by atoms with Gasteiger partial charge in [0, 0.05) is 30.3 Å². The third-order valence-corrected chi connectivity index (χ3v) is 5.92. The van der Waals surface area contributed by atoms with E-state index in [0.717, 1.165) is 63.7 Å². The summed E-state index contributed by atoms with van der Waals surface area (Å²) in [5.74, 6) is -0.770. The summed E-state index contributed by atoms with van der Waals surface area (Å²) in [5.41, 5.74) is 0.926. The van der Waals surface area contributed by atoms with Crippen molar-refractivity contribution in [1.82, 2.24) is 15.5 Å². The molecule has 0 saturated carbocycles. The minimum atomic E-state index is -4.77. The average molecular weight is 522 g/mol. The van der Waals surface area contributed by atoms with Gasteiger partial charge in [0.1, 0.15) is 5.75 Å². The molecule has 1 atom stereocenters. The Kier molecular flexibility index (Phi) is 13.0. The summed E-state index contributed by atoms with van der Waals surface area (Å²) in [7, 11) is 0. The predicted molar refractivity (Wildman–Crippen MR) is 139 cm³/mol. The number of carbonyl (C=O) groups excluding carboxylic acids is 2. The molecule has 0 aliphatic heterocycles. The van der Waals surface area contributed by atoms with Crippen LogP contribution in [0.3, 0.4) is 0 Å². The molecule has 0 aliphatic carbocycles. The first kappa shape index (κ1) is 30.2. The lowest BCUT2D eigenvalue weighted by Gasteiger charge is -2.31. The molecule has 0 spiro atoms. The number of hydrogen-bond donors (Lipinski definition) is 2. The van der Waals surface area contributed by atoms with Gasteiger partial charge in [-0.3, -0.25) is 9.59 Å². The van der Waals surface area contributed by atoms with Crippen LogP contribution in [0.2, 0.25) is 0 Å². The Morgan fingerprint density at radius 1 is 0.811 bits per heavy atom. The summed E-state index contributed by atoms with van der Waals surface area (Å²) in [6, 6.07) is 14.4. The minimum Gasteiger partial charge on any atom is -0.406 e. The van der Waals surface area contributed by atoms with E-state index in [2.05, 4.69) is 34.1 Å². The summed E-state index contributed by atoms with van der Waals surface area (Å²) in [6.07, 6.45) is 0.780. The van der Waals surface area contributed by atoms with Gasteiger partial charge in [-0.05, 0) is 88.0 Å². The van der Waals surface area contributed by atoms with Crippen LogP contribution in [0, 0.1) is 0 Å². The Labute approximate surface area is 217 Å². The molecule has 2 amide bonds. The van der Waals surface area contributed by atoms with Crippen LogP contribution in [-0.2, 0) is 0 Å². The van der Waals surface area contributed by atoms with Crippen molar-refractivity contribution in [2.45, 2.75) is 64.8 Å². The van der Waals surface area contributed by atoms with Crippen LogP contribution in [0.4, 0.5) is 13.2 Å². The number of carbonyl (C=O) groups is 2. The normalized spacial score (nSPS) is 12.3. The number of benzene rings is 2. The summed E-state index contributed by atoms with van der Waals surface area (Å²) < 4.78 is 40.8. The fourth-order valence-electron chi connectivity index (χ4n) is 4.24. The monoisotopic (exact) mass is 521 g/mol. The Bertz CT molecular complexity index is 931. The van der Waals surface area contributed by atoms with Gasteiger partial charge >= 0.3 is 6.36 Å². The van der Waals surface area contributed by atoms with Crippen molar-refractivity contribution in [3.05, 3.63) is 65.7 Å². The molecule has 0 radical (unpaired) electrons. The van der Waals surface area contributed by atoms with Crippen molar-refractivity contribution >= 4 is 11.8 Å². The van der Waals surface area contributed by atoms with Crippen LogP contribution in [0.5, 0.6) is 5.75 Å². The Balaban J connectivity index is 1.82. The number of nitrogens with one attached hydrogen (secondary N) is 2. The highest BCUT2D eigenvalue weighted by atomic mass is 19.4. The first-order chi connectivity index (χ1) is 17.7. The van der Waals surface area contributed by atoms with Gasteiger partial charge in [0.25, 0.3) is 11.8 Å². The van der Waals surface area contributed by atoms with Crippen molar-refractivity contribution in [1.29, 1.82) is 0 Å². The minimum absolute atomic E-state index is 0.0724. The summed E-state index contributed by atoms with van der Waals surface area (Å²) in [4.78, 5) is 27.2. The van der Waals surface area contributed by atoms with Crippen molar-refractivity contribution < 1.29 is 27.5 Å². The molecule has 2 aromatic carbocycles. The van der Waals surface area contributed by atoms with Crippen LogP contribution in [0.1, 0.15) is 73.1 Å². The number of ether oxygens (including phenoxy) is 1. The molecule has 2 rings (SSSR count). The van der Waals surface area contributed by atoms with Crippen LogP contribution in [0.15, 0.2) is 54.6 Å². The highest BCUT2D eigenvalue weighted by molar-refractivity contribution is 5.94. The van der Waals surface area contributed by atoms with E-state index in [1.165, 1.54) is 12.1 Å². The molecular formula is C28H38F3N3O3. The largest absolute Gasteiger partial charge is 0.573 e. The number of amides is 2. The van der Waals surface area contributed by atoms with E-state index in [1.807, 2.05) is 18.2 Å². The number of halogens is 3. The van der Waals surface area contributed by atoms with Gasteiger partial charge in [0.05, 0.1) is 0 Å². The summed E-state index contributed by atoms with van der Waals surface area (Å²) in [5, 5.41) is 5.84. The maximum atomic E-state index is 12.4. The molecular weight excluding hydrogens is 483 g/mol. The van der Waals surface area contributed by atoms with Crippen molar-refractivity contribution in [3.8, 4) is 5.75 Å². The van der Waals surface area contributed by atoms with Crippen LogP contribution >= 0.6 is 0 Å². The zero-order valence-corrected chi connectivity index (χ0v) is 21.7. The molecule has 0 aromatic heterocycles. The standard InChI is InChI=1S/C28H38F3N3O3/c1-3-20-34(21-4-2)24(12-8-18-32-26(35)22-10-6-5-7-11-22)13-9-19-33-27(36)23-14-16-25(17-15-23)37-28(29,30)31/h5-7,10-11,14-17,24H,3-4,8-9,12-13,18-21H2,1-2H3,(H,32,35)(H,33,36). The van der Waals surface area contributed by atoms with Gasteiger partial charge in [-0.25, -0.2) is 0 Å². The van der Waals surface area contributed by atoms with E-state index in [-0.39, 0.29) is 23.1 Å². The molecule has 0 aliphatic rings. The van der Waals surface area contributed by atoms with Crippen molar-refractivity contribution in [2.75, 3.05) is 26.2 Å². The second kappa shape index (κ2) is 15.9. The molecule has 0 saturated heterocycles. The zero-order chi connectivity index (χ0) is 27.1. The molecule has 204 valence electrons. The molecule has 0 fully saturated rings. The van der Waals surface area contributed by atoms with Gasteiger partial charge in [0.15, 0.2) is 0 Å². The lowest BCUT2D eigenvalue weighted by molar-refractivity contribution is -0.274. The smallest absolute Gasteiger partial charge is 0.406 e. The molecule has 2 aromatic rings. The molecule has 0 bridgehead atoms. The fourth-order valence-corrected chi connectivity index (χ4v) is 4.24. The van der Waals surface area contributed by atoms with Crippen molar-refractivity contribution in [2.24, 2.45) is 0 Å². The topological polar surface area (TPSA) is 70.7 Å². The molecule has 2 N–H and O–H groups in total. The van der Waals surface area contributed by atoms with Gasteiger partial charge in [-0.1, -0.05) is 32.0 Å². The van der Waals surface area contributed by atoms with Gasteiger partial charge in [-0.15, -0.1) is 13.2 Å². The Morgan fingerprint density at radius 3 is 1.76 bits per heavy atom. The van der Waals surface area contributed by atoms with Gasteiger partial charge in [0.2, 0.25) is 0 Å². The summed E-state index contributed by atoms with van der Waals surface area (Å²) >= 11 is 0. The molecule has 0 heterocycles.